The van der Waals surface area contributed by atoms with Gasteiger partial charge in [0.15, 0.2) is 5.75 Å². The fourth-order valence-electron chi connectivity index (χ4n) is 6.01. The molecule has 2 aromatic heterocycles. The number of nitrogens with zero attached hydrogens (tertiary/aromatic N) is 4. The summed E-state index contributed by atoms with van der Waals surface area (Å²) in [4.78, 5) is 54.7. The lowest BCUT2D eigenvalue weighted by molar-refractivity contribution is 0.0635. The minimum Gasteiger partial charge on any atom is -0.478 e. The molecule has 0 saturated carbocycles. The highest BCUT2D eigenvalue weighted by Gasteiger charge is 2.44. The maximum atomic E-state index is 14.4. The first-order valence-electron chi connectivity index (χ1n) is 15.4. The average Bonchev–Trinajstić information content (AvgIpc) is 3.36. The fraction of sp³-hybridized carbons (Fsp3) is 0.103. The second kappa shape index (κ2) is 12.9. The topological polar surface area (TPSA) is 92.7 Å². The number of rotatable bonds is 9. The summed E-state index contributed by atoms with van der Waals surface area (Å²) in [6.45, 7) is 0.0357. The number of amides is 3. The predicted molar refractivity (Wildman–Crippen MR) is 178 cm³/mol. The van der Waals surface area contributed by atoms with Gasteiger partial charge in [0.1, 0.15) is 17.4 Å². The monoisotopic (exact) mass is 636 g/mol. The van der Waals surface area contributed by atoms with Gasteiger partial charge in [0.05, 0.1) is 35.5 Å². The van der Waals surface area contributed by atoms with E-state index in [4.69, 9.17) is 4.74 Å². The van der Waals surface area contributed by atoms with Crippen LogP contribution in [0.1, 0.15) is 59.6 Å². The number of hydrogen-bond acceptors (Lipinski definition) is 6. The fourth-order valence-corrected chi connectivity index (χ4v) is 6.01. The lowest BCUT2D eigenvalue weighted by Gasteiger charge is -2.24. The third-order valence-electron chi connectivity index (χ3n) is 8.32. The Labute approximate surface area is 276 Å². The molecular formula is C39H29FN4O4. The molecule has 0 fully saturated rings. The maximum absolute atomic E-state index is 14.4. The van der Waals surface area contributed by atoms with E-state index in [0.717, 1.165) is 16.0 Å². The number of carbonyl (C=O) groups is 3. The summed E-state index contributed by atoms with van der Waals surface area (Å²) >= 11 is 0. The normalized spacial score (nSPS) is 12.4. The number of carbonyl (C=O) groups excluding carboxylic acids is 3. The molecule has 0 N–H and O–H groups in total. The van der Waals surface area contributed by atoms with Crippen LogP contribution in [0.2, 0.25) is 0 Å². The SMILES string of the molecule is CN(Cc1ccccn1)C(=O)c1c2c(c(OC(c3ccccc3)c3ccccc3)c3ncccc13)C(=O)N(Cc1ccc(F)cc1)C2=O. The summed E-state index contributed by atoms with van der Waals surface area (Å²) in [5, 5.41) is 0.369. The Morgan fingerprint density at radius 3 is 2.04 bits per heavy atom. The van der Waals surface area contributed by atoms with Crippen LogP contribution in [0.5, 0.6) is 5.75 Å². The Kier molecular flexibility index (Phi) is 8.17. The summed E-state index contributed by atoms with van der Waals surface area (Å²) < 4.78 is 20.6. The van der Waals surface area contributed by atoms with Crippen molar-refractivity contribution in [2.24, 2.45) is 0 Å². The first-order chi connectivity index (χ1) is 23.4. The van der Waals surface area contributed by atoms with E-state index in [1.54, 1.807) is 43.7 Å². The van der Waals surface area contributed by atoms with E-state index in [-0.39, 0.29) is 41.0 Å². The van der Waals surface area contributed by atoms with Crippen LogP contribution in [0.15, 0.2) is 128 Å². The number of aromatic nitrogens is 2. The van der Waals surface area contributed by atoms with E-state index in [1.807, 2.05) is 66.7 Å². The molecule has 0 radical (unpaired) electrons. The summed E-state index contributed by atoms with van der Waals surface area (Å²) in [7, 11) is 1.62. The highest BCUT2D eigenvalue weighted by Crippen LogP contribution is 2.43. The van der Waals surface area contributed by atoms with Gasteiger partial charge < -0.3 is 9.64 Å². The molecule has 0 aliphatic carbocycles. The van der Waals surface area contributed by atoms with Crippen molar-refractivity contribution in [3.05, 3.63) is 173 Å². The Morgan fingerprint density at radius 2 is 1.40 bits per heavy atom. The van der Waals surface area contributed by atoms with E-state index < -0.39 is 29.6 Å². The molecule has 4 aromatic carbocycles. The minimum absolute atomic E-state index is 0.0419. The lowest BCUT2D eigenvalue weighted by Crippen LogP contribution is -2.31. The zero-order valence-electron chi connectivity index (χ0n) is 25.9. The van der Waals surface area contributed by atoms with Crippen molar-refractivity contribution in [3.8, 4) is 5.75 Å². The van der Waals surface area contributed by atoms with Crippen LogP contribution in [0.25, 0.3) is 10.9 Å². The van der Waals surface area contributed by atoms with Gasteiger partial charge in [-0.3, -0.25) is 29.3 Å². The van der Waals surface area contributed by atoms with Crippen LogP contribution >= 0.6 is 0 Å². The summed E-state index contributed by atoms with van der Waals surface area (Å²) in [5.74, 6) is -2.11. The average molecular weight is 637 g/mol. The van der Waals surface area contributed by atoms with Gasteiger partial charge in [-0.1, -0.05) is 84.9 Å². The van der Waals surface area contributed by atoms with Gasteiger partial charge in [0.25, 0.3) is 17.7 Å². The largest absolute Gasteiger partial charge is 0.478 e. The molecule has 3 heterocycles. The van der Waals surface area contributed by atoms with Gasteiger partial charge in [0.2, 0.25) is 0 Å². The molecule has 7 rings (SSSR count). The number of hydrogen-bond donors (Lipinski definition) is 0. The van der Waals surface area contributed by atoms with Gasteiger partial charge in [0, 0.05) is 24.8 Å². The second-order valence-electron chi connectivity index (χ2n) is 11.5. The maximum Gasteiger partial charge on any atom is 0.265 e. The lowest BCUT2D eigenvalue weighted by atomic mass is 9.94. The van der Waals surface area contributed by atoms with Crippen LogP contribution in [-0.2, 0) is 13.1 Å². The molecule has 0 saturated heterocycles. The smallest absolute Gasteiger partial charge is 0.265 e. The standard InChI is InChI=1S/C39H29FN4O4/c1-43(24-29-15-8-9-21-41-29)37(45)31-30-16-10-22-42-34(30)36(48-35(26-11-4-2-5-12-26)27-13-6-3-7-14-27)33-32(31)38(46)44(39(33)47)23-25-17-19-28(40)20-18-25/h2-22,35H,23-24H2,1H3. The number of imide groups is 1. The molecule has 0 bridgehead atoms. The van der Waals surface area contributed by atoms with Gasteiger partial charge in [-0.2, -0.15) is 0 Å². The summed E-state index contributed by atoms with van der Waals surface area (Å²) in [6, 6.07) is 33.4. The Balaban J connectivity index is 1.43. The van der Waals surface area contributed by atoms with Gasteiger partial charge in [-0.25, -0.2) is 4.39 Å². The molecule has 236 valence electrons. The van der Waals surface area contributed by atoms with E-state index in [9.17, 15) is 18.8 Å². The van der Waals surface area contributed by atoms with Crippen molar-refractivity contribution in [2.75, 3.05) is 7.05 Å². The highest BCUT2D eigenvalue weighted by atomic mass is 19.1. The molecule has 0 atom stereocenters. The molecule has 6 aromatic rings. The first-order valence-corrected chi connectivity index (χ1v) is 15.4. The van der Waals surface area contributed by atoms with E-state index in [1.165, 1.54) is 29.2 Å². The molecule has 1 aliphatic rings. The Bertz CT molecular complexity index is 2100. The van der Waals surface area contributed by atoms with Crippen LogP contribution in [-0.4, -0.2) is 44.5 Å². The highest BCUT2D eigenvalue weighted by molar-refractivity contribution is 6.30. The molecule has 0 spiro atoms. The molecule has 8 nitrogen and oxygen atoms in total. The van der Waals surface area contributed by atoms with Crippen molar-refractivity contribution in [2.45, 2.75) is 19.2 Å². The van der Waals surface area contributed by atoms with E-state index in [2.05, 4.69) is 9.97 Å². The molecule has 3 amide bonds. The first kappa shape index (κ1) is 30.4. The van der Waals surface area contributed by atoms with Crippen molar-refractivity contribution in [1.29, 1.82) is 0 Å². The number of benzene rings is 4. The molecule has 0 unspecified atom stereocenters. The molecule has 1 aliphatic heterocycles. The van der Waals surface area contributed by atoms with Crippen molar-refractivity contribution in [1.82, 2.24) is 19.8 Å². The van der Waals surface area contributed by atoms with Gasteiger partial charge >= 0.3 is 0 Å². The van der Waals surface area contributed by atoms with Crippen LogP contribution in [0.4, 0.5) is 4.39 Å². The van der Waals surface area contributed by atoms with Crippen LogP contribution in [0, 0.1) is 5.82 Å². The molecular weight excluding hydrogens is 607 g/mol. The number of pyridine rings is 2. The van der Waals surface area contributed by atoms with Gasteiger partial charge in [-0.15, -0.1) is 0 Å². The number of fused-ring (bicyclic) bond motifs is 2. The second-order valence-corrected chi connectivity index (χ2v) is 11.5. The quantitative estimate of drug-likeness (QED) is 0.159. The third kappa shape index (κ3) is 5.66. The Morgan fingerprint density at radius 1 is 0.771 bits per heavy atom. The van der Waals surface area contributed by atoms with Crippen LogP contribution in [0.3, 0.4) is 0 Å². The van der Waals surface area contributed by atoms with Crippen molar-refractivity contribution >= 4 is 28.6 Å². The summed E-state index contributed by atoms with van der Waals surface area (Å²) in [5.41, 5.74) is 3.05. The van der Waals surface area contributed by atoms with E-state index in [0.29, 0.717) is 16.6 Å². The van der Waals surface area contributed by atoms with Crippen molar-refractivity contribution in [3.63, 3.8) is 0 Å². The van der Waals surface area contributed by atoms with Gasteiger partial charge in [-0.05, 0) is 47.0 Å². The third-order valence-corrected chi connectivity index (χ3v) is 8.32. The zero-order valence-corrected chi connectivity index (χ0v) is 25.9. The Hall–Kier alpha value is -6.22. The molecule has 9 heteroatoms. The number of ether oxygens (including phenoxy) is 1. The van der Waals surface area contributed by atoms with Crippen LogP contribution < -0.4 is 4.74 Å². The minimum atomic E-state index is -0.677. The molecule has 48 heavy (non-hydrogen) atoms. The van der Waals surface area contributed by atoms with E-state index >= 15 is 0 Å². The zero-order chi connectivity index (χ0) is 33.2. The predicted octanol–water partition coefficient (Wildman–Crippen LogP) is 7.01. The summed E-state index contributed by atoms with van der Waals surface area (Å²) in [6.07, 6.45) is 2.52. The van der Waals surface area contributed by atoms with Crippen molar-refractivity contribution < 1.29 is 23.5 Å². The number of halogens is 1.